The summed E-state index contributed by atoms with van der Waals surface area (Å²) in [6.07, 6.45) is 0. The topological polar surface area (TPSA) is 97.1 Å². The second-order valence-corrected chi connectivity index (χ2v) is 8.27. The third-order valence-corrected chi connectivity index (χ3v) is 5.75. The van der Waals surface area contributed by atoms with Crippen LogP contribution in [0.5, 0.6) is 0 Å². The van der Waals surface area contributed by atoms with E-state index in [1.165, 1.54) is 12.1 Å². The van der Waals surface area contributed by atoms with Crippen LogP contribution in [-0.4, -0.2) is 27.8 Å². The molecule has 1 atom stereocenters. The number of thioether (sulfide) groups is 1. The van der Waals surface area contributed by atoms with Gasteiger partial charge in [0.05, 0.1) is 28.6 Å². The molecule has 1 unspecified atom stereocenters. The van der Waals surface area contributed by atoms with E-state index < -0.39 is 5.82 Å². The number of nitrogens with zero attached hydrogens (tertiary/aromatic N) is 2. The van der Waals surface area contributed by atoms with Gasteiger partial charge in [-0.2, -0.15) is 0 Å². The van der Waals surface area contributed by atoms with Crippen LogP contribution in [0.3, 0.4) is 0 Å². The lowest BCUT2D eigenvalue weighted by molar-refractivity contribution is -0.113. The summed E-state index contributed by atoms with van der Waals surface area (Å²) in [4.78, 5) is 25.4. The molecule has 0 saturated carbocycles. The summed E-state index contributed by atoms with van der Waals surface area (Å²) in [5, 5.41) is 13.5. The molecule has 2 amide bonds. The van der Waals surface area contributed by atoms with Crippen LogP contribution in [0.4, 0.5) is 10.1 Å². The number of amides is 2. The number of halogens is 1. The highest BCUT2D eigenvalue weighted by Crippen LogP contribution is 2.25. The molecule has 3 aromatic carbocycles. The molecule has 0 spiro atoms. The van der Waals surface area contributed by atoms with Crippen molar-refractivity contribution < 1.29 is 18.4 Å². The van der Waals surface area contributed by atoms with E-state index in [9.17, 15) is 14.0 Å². The molecule has 4 rings (SSSR count). The van der Waals surface area contributed by atoms with Crippen LogP contribution in [0, 0.1) is 5.82 Å². The third kappa shape index (κ3) is 5.68. The van der Waals surface area contributed by atoms with E-state index in [0.717, 1.165) is 17.3 Å². The largest absolute Gasteiger partial charge is 0.411 e. The number of rotatable bonds is 8. The van der Waals surface area contributed by atoms with Gasteiger partial charge in [0.25, 0.3) is 17.0 Å². The van der Waals surface area contributed by atoms with Crippen molar-refractivity contribution in [1.82, 2.24) is 15.5 Å². The number of carbonyl (C=O) groups excluding carboxylic acids is 2. The standard InChI is InChI=1S/C25H21FN4O3S/c1-16(17-9-3-2-4-10-17)27-23(32)19-12-6-8-14-21(19)28-22(31)15-34-25-30-29-24(33-25)18-11-5-7-13-20(18)26/h2-14,16H,15H2,1H3,(H,27,32)(H,28,31). The molecule has 1 heterocycles. The number of anilines is 1. The molecule has 0 bridgehead atoms. The Morgan fingerprint density at radius 2 is 1.68 bits per heavy atom. The molecule has 0 radical (unpaired) electrons. The fraction of sp³-hybridized carbons (Fsp3) is 0.120. The summed E-state index contributed by atoms with van der Waals surface area (Å²) in [6.45, 7) is 1.89. The minimum absolute atomic E-state index is 0.0325. The second-order valence-electron chi connectivity index (χ2n) is 7.34. The van der Waals surface area contributed by atoms with Crippen LogP contribution in [0.1, 0.15) is 28.9 Å². The van der Waals surface area contributed by atoms with E-state index in [1.54, 1.807) is 36.4 Å². The van der Waals surface area contributed by atoms with Crippen molar-refractivity contribution in [2.45, 2.75) is 18.2 Å². The van der Waals surface area contributed by atoms with Crippen LogP contribution in [0.15, 0.2) is 88.5 Å². The van der Waals surface area contributed by atoms with Crippen molar-refractivity contribution in [2.75, 3.05) is 11.1 Å². The Kier molecular flexibility index (Phi) is 7.34. The van der Waals surface area contributed by atoms with Crippen molar-refractivity contribution in [3.05, 3.63) is 95.8 Å². The zero-order valence-corrected chi connectivity index (χ0v) is 19.0. The zero-order chi connectivity index (χ0) is 23.9. The minimum Gasteiger partial charge on any atom is -0.411 e. The average Bonchev–Trinajstić information content (AvgIpc) is 3.32. The van der Waals surface area contributed by atoms with Gasteiger partial charge < -0.3 is 15.1 Å². The van der Waals surface area contributed by atoms with E-state index in [4.69, 9.17) is 4.42 Å². The normalized spacial score (nSPS) is 11.6. The van der Waals surface area contributed by atoms with E-state index in [0.29, 0.717) is 11.3 Å². The van der Waals surface area contributed by atoms with Gasteiger partial charge in [-0.25, -0.2) is 4.39 Å². The summed E-state index contributed by atoms with van der Waals surface area (Å²) in [5.74, 6) is -1.12. The fourth-order valence-corrected chi connectivity index (χ4v) is 3.78. The maximum Gasteiger partial charge on any atom is 0.277 e. The maximum absolute atomic E-state index is 13.9. The fourth-order valence-electron chi connectivity index (χ4n) is 3.21. The first-order valence-corrected chi connectivity index (χ1v) is 11.5. The van der Waals surface area contributed by atoms with Gasteiger partial charge in [-0.3, -0.25) is 9.59 Å². The van der Waals surface area contributed by atoms with Gasteiger partial charge in [-0.1, -0.05) is 66.4 Å². The van der Waals surface area contributed by atoms with Gasteiger partial charge in [-0.05, 0) is 36.8 Å². The quantitative estimate of drug-likeness (QED) is 0.344. The minimum atomic E-state index is -0.475. The van der Waals surface area contributed by atoms with Gasteiger partial charge in [0.2, 0.25) is 5.91 Å². The summed E-state index contributed by atoms with van der Waals surface area (Å²) >= 11 is 1.02. The molecule has 34 heavy (non-hydrogen) atoms. The highest BCUT2D eigenvalue weighted by molar-refractivity contribution is 7.99. The van der Waals surface area contributed by atoms with Crippen LogP contribution in [0.25, 0.3) is 11.5 Å². The summed E-state index contributed by atoms with van der Waals surface area (Å²) < 4.78 is 19.3. The lowest BCUT2D eigenvalue weighted by atomic mass is 10.1. The maximum atomic E-state index is 13.9. The molecule has 7 nitrogen and oxygen atoms in total. The molecule has 4 aromatic rings. The Bertz CT molecular complexity index is 1300. The Balaban J connectivity index is 1.37. The SMILES string of the molecule is CC(NC(=O)c1ccccc1NC(=O)CSc1nnc(-c2ccccc2F)o1)c1ccccc1. The predicted octanol–water partition coefficient (Wildman–Crippen LogP) is 5.10. The summed E-state index contributed by atoms with van der Waals surface area (Å²) in [7, 11) is 0. The lowest BCUT2D eigenvalue weighted by Gasteiger charge is -2.16. The van der Waals surface area contributed by atoms with Crippen LogP contribution >= 0.6 is 11.8 Å². The van der Waals surface area contributed by atoms with Gasteiger partial charge in [0.15, 0.2) is 0 Å². The van der Waals surface area contributed by atoms with Gasteiger partial charge in [-0.15, -0.1) is 10.2 Å². The van der Waals surface area contributed by atoms with Gasteiger partial charge in [0.1, 0.15) is 5.82 Å². The highest BCUT2D eigenvalue weighted by atomic mass is 32.2. The smallest absolute Gasteiger partial charge is 0.277 e. The van der Waals surface area contributed by atoms with E-state index >= 15 is 0 Å². The molecule has 1 aromatic heterocycles. The van der Waals surface area contributed by atoms with E-state index in [1.807, 2.05) is 37.3 Å². The van der Waals surface area contributed by atoms with Crippen molar-refractivity contribution in [2.24, 2.45) is 0 Å². The molecule has 9 heteroatoms. The first-order chi connectivity index (χ1) is 16.5. The monoisotopic (exact) mass is 476 g/mol. The third-order valence-electron chi connectivity index (χ3n) is 4.93. The molecular weight excluding hydrogens is 455 g/mol. The number of hydrogen-bond donors (Lipinski definition) is 2. The Labute approximate surface area is 199 Å². The number of carbonyl (C=O) groups is 2. The second kappa shape index (κ2) is 10.8. The first kappa shape index (κ1) is 23.2. The summed E-state index contributed by atoms with van der Waals surface area (Å²) in [6, 6.07) is 22.2. The van der Waals surface area contributed by atoms with E-state index in [2.05, 4.69) is 20.8 Å². The molecular formula is C25H21FN4O3S. The molecule has 2 N–H and O–H groups in total. The number of benzene rings is 3. The lowest BCUT2D eigenvalue weighted by Crippen LogP contribution is -2.28. The molecule has 0 saturated heterocycles. The number of aromatic nitrogens is 2. The van der Waals surface area contributed by atoms with Crippen LogP contribution < -0.4 is 10.6 Å². The Hall–Kier alpha value is -3.98. The number of nitrogens with one attached hydrogen (secondary N) is 2. The molecule has 0 fully saturated rings. The zero-order valence-electron chi connectivity index (χ0n) is 18.2. The van der Waals surface area contributed by atoms with E-state index in [-0.39, 0.29) is 40.3 Å². The van der Waals surface area contributed by atoms with Crippen LogP contribution in [-0.2, 0) is 4.79 Å². The predicted molar refractivity (Wildman–Crippen MR) is 128 cm³/mol. The van der Waals surface area contributed by atoms with Crippen molar-refractivity contribution in [3.63, 3.8) is 0 Å². The number of para-hydroxylation sites is 1. The molecule has 172 valence electrons. The van der Waals surface area contributed by atoms with Crippen molar-refractivity contribution in [3.8, 4) is 11.5 Å². The van der Waals surface area contributed by atoms with Crippen molar-refractivity contribution >= 4 is 29.3 Å². The first-order valence-electron chi connectivity index (χ1n) is 10.5. The summed E-state index contributed by atoms with van der Waals surface area (Å²) in [5.41, 5.74) is 1.91. The Morgan fingerprint density at radius 3 is 2.47 bits per heavy atom. The highest BCUT2D eigenvalue weighted by Gasteiger charge is 2.17. The molecule has 0 aliphatic rings. The van der Waals surface area contributed by atoms with Gasteiger partial charge >= 0.3 is 0 Å². The average molecular weight is 477 g/mol. The number of hydrogen-bond acceptors (Lipinski definition) is 6. The molecule has 0 aliphatic heterocycles. The van der Waals surface area contributed by atoms with Crippen molar-refractivity contribution in [1.29, 1.82) is 0 Å². The van der Waals surface area contributed by atoms with Gasteiger partial charge in [0, 0.05) is 0 Å². The Morgan fingerprint density at radius 1 is 0.971 bits per heavy atom. The molecule has 0 aliphatic carbocycles. The van der Waals surface area contributed by atoms with Crippen LogP contribution in [0.2, 0.25) is 0 Å².